The Kier molecular flexibility index (Phi) is 7.28. The third-order valence-electron chi connectivity index (χ3n) is 11.9. The fourth-order valence-corrected chi connectivity index (χ4v) is 9.28. The second-order valence-corrected chi connectivity index (χ2v) is 15.6. The zero-order valence-corrected chi connectivity index (χ0v) is 27.9. The maximum atomic E-state index is 17.0. The first kappa shape index (κ1) is 31.0. The molecule has 8 nitrogen and oxygen atoms in total. The van der Waals surface area contributed by atoms with E-state index in [1.54, 1.807) is 24.3 Å². The van der Waals surface area contributed by atoms with Crippen LogP contribution in [0.5, 0.6) is 11.8 Å². The molecule has 10 heteroatoms. The largest absolute Gasteiger partial charge is 0.508 e. The molecule has 254 valence electrons. The van der Waals surface area contributed by atoms with Gasteiger partial charge in [0.15, 0.2) is 5.82 Å². The Bertz CT molecular complexity index is 2020. The molecule has 4 saturated heterocycles. The van der Waals surface area contributed by atoms with Gasteiger partial charge in [-0.3, -0.25) is 0 Å². The van der Waals surface area contributed by atoms with Crippen molar-refractivity contribution in [3.8, 4) is 35.2 Å². The summed E-state index contributed by atoms with van der Waals surface area (Å²) in [5.74, 6) is 1.42. The third-order valence-corrected chi connectivity index (χ3v) is 11.9. The van der Waals surface area contributed by atoms with E-state index in [4.69, 9.17) is 16.1 Å². The van der Waals surface area contributed by atoms with Crippen LogP contribution in [0.15, 0.2) is 36.4 Å². The highest BCUT2D eigenvalue weighted by molar-refractivity contribution is 6.04. The first-order valence-corrected chi connectivity index (χ1v) is 17.7. The van der Waals surface area contributed by atoms with Crippen LogP contribution in [-0.4, -0.2) is 96.4 Å². The number of rotatable bonds is 7. The highest BCUT2D eigenvalue weighted by Gasteiger charge is 2.49. The number of ether oxygens (including phenoxy) is 1. The van der Waals surface area contributed by atoms with Crippen LogP contribution in [0.4, 0.5) is 14.6 Å². The van der Waals surface area contributed by atoms with E-state index in [0.29, 0.717) is 64.7 Å². The van der Waals surface area contributed by atoms with E-state index in [1.807, 2.05) is 0 Å². The predicted octanol–water partition coefficient (Wildman–Crippen LogP) is 5.54. The van der Waals surface area contributed by atoms with Gasteiger partial charge >= 0.3 is 6.01 Å². The second kappa shape index (κ2) is 11.5. The van der Waals surface area contributed by atoms with E-state index >= 15 is 8.78 Å². The quantitative estimate of drug-likeness (QED) is 0.250. The van der Waals surface area contributed by atoms with Gasteiger partial charge in [-0.25, -0.2) is 8.78 Å². The van der Waals surface area contributed by atoms with Crippen molar-refractivity contribution >= 4 is 27.5 Å². The van der Waals surface area contributed by atoms with Crippen LogP contribution in [-0.2, 0) is 0 Å². The van der Waals surface area contributed by atoms with Gasteiger partial charge < -0.3 is 29.9 Å². The number of halogens is 2. The Morgan fingerprint density at radius 1 is 1.04 bits per heavy atom. The molecule has 3 aromatic carbocycles. The zero-order chi connectivity index (χ0) is 33.5. The number of terminal acetylenes is 1. The summed E-state index contributed by atoms with van der Waals surface area (Å²) in [7, 11) is 2.22. The van der Waals surface area contributed by atoms with Gasteiger partial charge in [0.1, 0.15) is 22.9 Å². The lowest BCUT2D eigenvalue weighted by molar-refractivity contribution is 0.159. The van der Waals surface area contributed by atoms with Crippen LogP contribution >= 0.6 is 0 Å². The zero-order valence-electron chi connectivity index (χ0n) is 27.9. The van der Waals surface area contributed by atoms with Crippen molar-refractivity contribution in [1.29, 1.82) is 0 Å². The SMILES string of the molecule is C#Cc1cccc2cc(O)cc(-c3c(F)cc4c(N5CC6CCC(C5)N6)nc(OCC5(CN6CCC7(CCN(C)C7)C6)CC5)nc4c3F)c12. The smallest absolute Gasteiger partial charge is 0.319 e. The summed E-state index contributed by atoms with van der Waals surface area (Å²) in [5, 5.41) is 15.6. The molecule has 3 unspecified atom stereocenters. The first-order valence-electron chi connectivity index (χ1n) is 17.7. The fraction of sp³-hybridized carbons (Fsp3) is 0.487. The van der Waals surface area contributed by atoms with Gasteiger partial charge in [0.05, 0.1) is 12.2 Å². The van der Waals surface area contributed by atoms with Gasteiger partial charge in [-0.2, -0.15) is 9.97 Å². The minimum Gasteiger partial charge on any atom is -0.508 e. The number of nitrogens with zero attached hydrogens (tertiary/aromatic N) is 5. The van der Waals surface area contributed by atoms with Gasteiger partial charge in [0.25, 0.3) is 0 Å². The normalized spacial score (nSPS) is 26.3. The number of nitrogens with one attached hydrogen (secondary N) is 1. The number of hydrogen-bond donors (Lipinski definition) is 2. The number of anilines is 1. The van der Waals surface area contributed by atoms with Crippen LogP contribution in [0.1, 0.15) is 44.1 Å². The number of fused-ring (bicyclic) bond motifs is 4. The van der Waals surface area contributed by atoms with Gasteiger partial charge in [-0.1, -0.05) is 18.1 Å². The van der Waals surface area contributed by atoms with Crippen LogP contribution in [0.25, 0.3) is 32.8 Å². The molecule has 2 N–H and O–H groups in total. The number of benzene rings is 3. The van der Waals surface area contributed by atoms with E-state index in [9.17, 15) is 5.11 Å². The molecule has 9 rings (SSSR count). The number of aromatic hydroxyl groups is 1. The van der Waals surface area contributed by atoms with Crippen molar-refractivity contribution in [2.75, 3.05) is 64.4 Å². The van der Waals surface area contributed by atoms with Crippen LogP contribution in [0.2, 0.25) is 0 Å². The van der Waals surface area contributed by atoms with E-state index in [-0.39, 0.29) is 33.8 Å². The molecular weight excluding hydrogens is 622 g/mol. The first-order chi connectivity index (χ1) is 23.7. The minimum absolute atomic E-state index is 0.00588. The molecule has 5 aliphatic rings. The lowest BCUT2D eigenvalue weighted by atomic mass is 9.86. The molecule has 3 atom stereocenters. The van der Waals surface area contributed by atoms with Gasteiger partial charge in [-0.05, 0) is 93.7 Å². The lowest BCUT2D eigenvalue weighted by Crippen LogP contribution is -2.51. The molecule has 4 aromatic rings. The molecule has 1 spiro atoms. The molecule has 49 heavy (non-hydrogen) atoms. The van der Waals surface area contributed by atoms with Gasteiger partial charge in [0.2, 0.25) is 0 Å². The third kappa shape index (κ3) is 5.47. The number of aromatic nitrogens is 2. The van der Waals surface area contributed by atoms with Crippen molar-refractivity contribution < 1.29 is 18.6 Å². The number of phenols is 1. The average molecular weight is 665 g/mol. The van der Waals surface area contributed by atoms with Crippen LogP contribution in [0.3, 0.4) is 0 Å². The summed E-state index contributed by atoms with van der Waals surface area (Å²) in [5.41, 5.74) is 0.809. The molecule has 0 amide bonds. The monoisotopic (exact) mass is 664 g/mol. The summed E-state index contributed by atoms with van der Waals surface area (Å²) >= 11 is 0. The maximum Gasteiger partial charge on any atom is 0.319 e. The van der Waals surface area contributed by atoms with Crippen LogP contribution < -0.4 is 15.0 Å². The molecule has 5 heterocycles. The number of likely N-dealkylation sites (tertiary alicyclic amines) is 2. The summed E-state index contributed by atoms with van der Waals surface area (Å²) in [6.07, 6.45) is 12.6. The number of phenolic OH excluding ortho intramolecular Hbond substituents is 1. The molecule has 1 aromatic heterocycles. The van der Waals surface area contributed by atoms with Crippen molar-refractivity contribution in [3.63, 3.8) is 0 Å². The molecule has 1 aliphatic carbocycles. The molecule has 4 aliphatic heterocycles. The van der Waals surface area contributed by atoms with Crippen LogP contribution in [0, 0.1) is 34.8 Å². The Hall–Kier alpha value is -4.04. The summed E-state index contributed by atoms with van der Waals surface area (Å²) in [6.45, 7) is 7.39. The van der Waals surface area contributed by atoms with E-state index in [2.05, 4.69) is 38.0 Å². The minimum atomic E-state index is -0.828. The van der Waals surface area contributed by atoms with Gasteiger partial charge in [0, 0.05) is 72.1 Å². The summed E-state index contributed by atoms with van der Waals surface area (Å²) < 4.78 is 39.7. The Labute approximate surface area is 285 Å². The second-order valence-electron chi connectivity index (χ2n) is 15.6. The van der Waals surface area contributed by atoms with Crippen molar-refractivity contribution in [2.45, 2.75) is 50.6 Å². The maximum absolute atomic E-state index is 17.0. The average Bonchev–Trinajstić information content (AvgIpc) is 3.39. The summed E-state index contributed by atoms with van der Waals surface area (Å²) in [4.78, 5) is 16.7. The Balaban J connectivity index is 1.09. The topological polar surface area (TPSA) is 77.0 Å². The highest BCUT2D eigenvalue weighted by atomic mass is 19.1. The molecule has 2 bridgehead atoms. The van der Waals surface area contributed by atoms with E-state index < -0.39 is 11.6 Å². The van der Waals surface area contributed by atoms with E-state index in [0.717, 1.165) is 45.3 Å². The fourth-order valence-electron chi connectivity index (χ4n) is 9.28. The highest BCUT2D eigenvalue weighted by Crippen LogP contribution is 2.49. The lowest BCUT2D eigenvalue weighted by Gasteiger charge is -2.34. The predicted molar refractivity (Wildman–Crippen MR) is 187 cm³/mol. The van der Waals surface area contributed by atoms with Crippen molar-refractivity contribution in [3.05, 3.63) is 53.6 Å². The van der Waals surface area contributed by atoms with Crippen molar-refractivity contribution in [1.82, 2.24) is 25.1 Å². The Morgan fingerprint density at radius 2 is 1.84 bits per heavy atom. The number of hydrogen-bond acceptors (Lipinski definition) is 8. The van der Waals surface area contributed by atoms with Gasteiger partial charge in [-0.15, -0.1) is 6.42 Å². The standard InChI is InChI=1S/C39H42F2N6O2/c1-3-24-5-4-6-25-15-28(48)16-29(32(24)25)33-31(40)17-30-35(34(33)41)43-37(44-36(30)47-18-26-7-8-27(19-47)42-26)49-23-39(9-10-39)22-46-14-12-38(21-46)11-13-45(2)20-38/h1,4-6,15-17,26-27,42,48H,7-14,18-23H2,2H3. The molecule has 5 fully saturated rings. The number of piperazine rings is 1. The molecule has 0 radical (unpaired) electrons. The molecular formula is C39H42F2N6O2. The summed E-state index contributed by atoms with van der Waals surface area (Å²) in [6, 6.07) is 10.2. The Morgan fingerprint density at radius 3 is 2.57 bits per heavy atom. The van der Waals surface area contributed by atoms with E-state index in [1.165, 1.54) is 38.1 Å². The molecule has 1 saturated carbocycles. The van der Waals surface area contributed by atoms with Crippen molar-refractivity contribution in [2.24, 2.45) is 10.8 Å².